The average Bonchev–Trinajstić information content (AvgIpc) is 2.04. The van der Waals surface area contributed by atoms with Crippen molar-refractivity contribution < 1.29 is 29.7 Å². The van der Waals surface area contributed by atoms with Gasteiger partial charge in [0.05, 0.1) is 0 Å². The normalized spacial score (nSPS) is 9.71. The minimum absolute atomic E-state index is 0.0347. The fourth-order valence-electron chi connectivity index (χ4n) is 0.247. The first-order valence-corrected chi connectivity index (χ1v) is 4.35. The van der Waals surface area contributed by atoms with Crippen LogP contribution in [-0.4, -0.2) is 38.6 Å². The molecule has 0 bridgehead atoms. The molecule has 0 aliphatic heterocycles. The van der Waals surface area contributed by atoms with Crippen molar-refractivity contribution in [1.29, 1.82) is 0 Å². The molecule has 0 aromatic heterocycles. The molecule has 0 aliphatic rings. The zero-order valence-corrected chi connectivity index (χ0v) is 8.81. The second kappa shape index (κ2) is 8.24. The minimum Gasteiger partial charge on any atom is -0.481 e. The molecule has 0 spiro atoms. The van der Waals surface area contributed by atoms with Gasteiger partial charge in [0.25, 0.3) is 0 Å². The molecule has 14 heavy (non-hydrogen) atoms. The number of aliphatic carboxylic acids is 3. The van der Waals surface area contributed by atoms with E-state index in [0.29, 0.717) is 6.08 Å². The third-order valence-electron chi connectivity index (χ3n) is 0.792. The van der Waals surface area contributed by atoms with E-state index in [1.165, 1.54) is 6.92 Å². The highest BCUT2D eigenvalue weighted by Gasteiger charge is 2.00. The average molecular weight is 269 g/mol. The van der Waals surface area contributed by atoms with Crippen LogP contribution in [0.2, 0.25) is 0 Å². The maximum absolute atomic E-state index is 9.90. The lowest BCUT2D eigenvalue weighted by molar-refractivity contribution is -0.135. The summed E-state index contributed by atoms with van der Waals surface area (Å²) in [6, 6.07) is 0. The summed E-state index contributed by atoms with van der Waals surface area (Å²) in [4.78, 5) is 29.0. The van der Waals surface area contributed by atoms with Gasteiger partial charge < -0.3 is 15.3 Å². The summed E-state index contributed by atoms with van der Waals surface area (Å²) < 4.78 is 0. The van der Waals surface area contributed by atoms with E-state index in [1.54, 1.807) is 0 Å². The molecule has 0 rings (SSSR count). The van der Waals surface area contributed by atoms with Crippen molar-refractivity contribution >= 4 is 33.8 Å². The Balaban J connectivity index is 0. The molecule has 0 aliphatic carbocycles. The first kappa shape index (κ1) is 15.1. The summed E-state index contributed by atoms with van der Waals surface area (Å²) in [7, 11) is 0. The monoisotopic (exact) mass is 268 g/mol. The van der Waals surface area contributed by atoms with Crippen molar-refractivity contribution in [2.24, 2.45) is 0 Å². The molecule has 0 aromatic rings. The summed E-state index contributed by atoms with van der Waals surface area (Å²) in [6.45, 7) is 1.22. The number of alkyl halides is 1. The number of hydrogen-bond donors (Lipinski definition) is 3. The van der Waals surface area contributed by atoms with Crippen LogP contribution < -0.4 is 0 Å². The van der Waals surface area contributed by atoms with Crippen LogP contribution in [0.5, 0.6) is 0 Å². The van der Waals surface area contributed by atoms with Gasteiger partial charge in [0.2, 0.25) is 0 Å². The third kappa shape index (κ3) is 13.2. The summed E-state index contributed by atoms with van der Waals surface area (Å²) in [5.74, 6) is -3.28. The Morgan fingerprint density at radius 3 is 1.64 bits per heavy atom. The van der Waals surface area contributed by atoms with Crippen LogP contribution in [0.4, 0.5) is 0 Å². The molecule has 0 unspecified atom stereocenters. The Morgan fingerprint density at radius 1 is 1.21 bits per heavy atom. The van der Waals surface area contributed by atoms with E-state index in [1.807, 2.05) is 0 Å². The molecule has 80 valence electrons. The smallest absolute Gasteiger partial charge is 0.331 e. The van der Waals surface area contributed by atoms with Gasteiger partial charge in [-0.2, -0.15) is 0 Å². The Kier molecular flexibility index (Phi) is 8.90. The van der Waals surface area contributed by atoms with Crippen LogP contribution in [0.25, 0.3) is 0 Å². The third-order valence-corrected chi connectivity index (χ3v) is 1.27. The van der Waals surface area contributed by atoms with E-state index in [0.717, 1.165) is 0 Å². The quantitative estimate of drug-likeness (QED) is 0.510. The van der Waals surface area contributed by atoms with Crippen molar-refractivity contribution in [2.45, 2.75) is 6.92 Å². The zero-order valence-electron chi connectivity index (χ0n) is 7.23. The lowest BCUT2D eigenvalue weighted by Gasteiger charge is -1.86. The molecular formula is C7H9BrO6. The number of rotatable bonds is 3. The van der Waals surface area contributed by atoms with Crippen LogP contribution in [0, 0.1) is 0 Å². The Labute approximate surface area is 88.0 Å². The van der Waals surface area contributed by atoms with Crippen LogP contribution in [0.15, 0.2) is 11.6 Å². The fourth-order valence-corrected chi connectivity index (χ4v) is 0.247. The van der Waals surface area contributed by atoms with Crippen molar-refractivity contribution in [3.8, 4) is 0 Å². The lowest BCUT2D eigenvalue weighted by atomic mass is 10.3. The molecule has 0 amide bonds. The number of halogens is 1. The van der Waals surface area contributed by atoms with Crippen LogP contribution >= 0.6 is 15.9 Å². The van der Waals surface area contributed by atoms with Gasteiger partial charge >= 0.3 is 17.9 Å². The predicted molar refractivity (Wildman–Crippen MR) is 50.5 cm³/mol. The second-order valence-corrected chi connectivity index (χ2v) is 2.56. The standard InChI is InChI=1S/C5H6O4.C2H3BrO2/c1-3(5(8)9)2-4(6)7;3-1-2(4)5/h2H,1H3,(H,6,7)(H,8,9);1H2,(H,4,5)/b3-2-;. The predicted octanol–water partition coefficient (Wildman–Crippen LogP) is 0.568. The first-order chi connectivity index (χ1) is 6.31. The molecule has 0 saturated carbocycles. The van der Waals surface area contributed by atoms with Gasteiger partial charge in [-0.15, -0.1) is 0 Å². The van der Waals surface area contributed by atoms with Gasteiger partial charge in [-0.25, -0.2) is 9.59 Å². The molecule has 0 radical (unpaired) electrons. The van der Waals surface area contributed by atoms with E-state index >= 15 is 0 Å². The molecule has 0 heterocycles. The second-order valence-electron chi connectivity index (χ2n) is 2.00. The van der Waals surface area contributed by atoms with Gasteiger partial charge in [0, 0.05) is 11.6 Å². The molecule has 0 aromatic carbocycles. The number of carbonyl (C=O) groups is 3. The molecular weight excluding hydrogens is 260 g/mol. The van der Waals surface area contributed by atoms with E-state index in [9.17, 15) is 14.4 Å². The maximum Gasteiger partial charge on any atom is 0.331 e. The molecule has 0 fully saturated rings. The Hall–Kier alpha value is -1.37. The zero-order chi connectivity index (χ0) is 11.7. The van der Waals surface area contributed by atoms with E-state index in [-0.39, 0.29) is 10.9 Å². The number of carboxylic acids is 3. The van der Waals surface area contributed by atoms with E-state index < -0.39 is 17.9 Å². The van der Waals surface area contributed by atoms with Gasteiger partial charge in [0.1, 0.15) is 5.33 Å². The van der Waals surface area contributed by atoms with Gasteiger partial charge in [-0.3, -0.25) is 4.79 Å². The summed E-state index contributed by atoms with van der Waals surface area (Å²) in [5.41, 5.74) is -0.178. The molecule has 0 saturated heterocycles. The van der Waals surface area contributed by atoms with E-state index in [2.05, 4.69) is 15.9 Å². The van der Waals surface area contributed by atoms with Gasteiger partial charge in [0.15, 0.2) is 0 Å². The highest BCUT2D eigenvalue weighted by atomic mass is 79.9. The maximum atomic E-state index is 9.90. The highest BCUT2D eigenvalue weighted by molar-refractivity contribution is 9.09. The SMILES string of the molecule is C/C(=C/C(=O)O)C(=O)O.O=C(O)CBr. The minimum atomic E-state index is -1.24. The largest absolute Gasteiger partial charge is 0.481 e. The van der Waals surface area contributed by atoms with Crippen LogP contribution in [0.3, 0.4) is 0 Å². The van der Waals surface area contributed by atoms with E-state index in [4.69, 9.17) is 15.3 Å². The number of carboxylic acid groups (broad SMARTS) is 3. The van der Waals surface area contributed by atoms with Crippen molar-refractivity contribution in [3.63, 3.8) is 0 Å². The van der Waals surface area contributed by atoms with Crippen LogP contribution in [-0.2, 0) is 14.4 Å². The summed E-state index contributed by atoms with van der Waals surface area (Å²) in [6.07, 6.45) is 0.641. The summed E-state index contributed by atoms with van der Waals surface area (Å²) >= 11 is 2.71. The first-order valence-electron chi connectivity index (χ1n) is 3.23. The van der Waals surface area contributed by atoms with Gasteiger partial charge in [-0.1, -0.05) is 15.9 Å². The number of hydrogen-bond acceptors (Lipinski definition) is 3. The highest BCUT2D eigenvalue weighted by Crippen LogP contribution is 1.89. The Morgan fingerprint density at radius 2 is 1.57 bits per heavy atom. The lowest BCUT2D eigenvalue weighted by Crippen LogP contribution is -1.99. The Bertz CT molecular complexity index is 257. The molecule has 6 nitrogen and oxygen atoms in total. The molecule has 0 atom stereocenters. The van der Waals surface area contributed by atoms with Crippen molar-refractivity contribution in [2.75, 3.05) is 5.33 Å². The topological polar surface area (TPSA) is 112 Å². The van der Waals surface area contributed by atoms with Gasteiger partial charge in [-0.05, 0) is 6.92 Å². The molecule has 3 N–H and O–H groups in total. The van der Waals surface area contributed by atoms with Crippen molar-refractivity contribution in [1.82, 2.24) is 0 Å². The van der Waals surface area contributed by atoms with Crippen LogP contribution in [0.1, 0.15) is 6.92 Å². The fraction of sp³-hybridized carbons (Fsp3) is 0.286. The van der Waals surface area contributed by atoms with Crippen molar-refractivity contribution in [3.05, 3.63) is 11.6 Å². The summed E-state index contributed by atoms with van der Waals surface area (Å²) in [5, 5.41) is 23.8. The molecule has 7 heteroatoms.